The molecule has 0 bridgehead atoms. The number of fused-ring (bicyclic) bond motifs is 1. The van der Waals surface area contributed by atoms with Crippen LogP contribution in [0, 0.1) is 5.41 Å². The monoisotopic (exact) mass is 470 g/mol. The lowest BCUT2D eigenvalue weighted by Gasteiger charge is -2.36. The van der Waals surface area contributed by atoms with Gasteiger partial charge in [-0.25, -0.2) is 0 Å². The van der Waals surface area contributed by atoms with E-state index < -0.39 is 30.5 Å². The third-order valence-corrected chi connectivity index (χ3v) is 6.08. The van der Waals surface area contributed by atoms with Crippen LogP contribution in [0.5, 0.6) is 0 Å². The number of alkyl halides is 3. The molecule has 1 atom stereocenters. The van der Waals surface area contributed by atoms with Crippen LogP contribution >= 0.6 is 0 Å². The minimum absolute atomic E-state index is 0.0843. The molecule has 0 radical (unpaired) electrons. The molecule has 1 amide bonds. The van der Waals surface area contributed by atoms with E-state index in [2.05, 4.69) is 10.3 Å². The zero-order chi connectivity index (χ0) is 24.5. The minimum atomic E-state index is -4.36. The number of hydrogen-bond acceptors (Lipinski definition) is 4. The average molecular weight is 470 g/mol. The molecule has 1 aromatic carbocycles. The Morgan fingerprint density at radius 3 is 2.47 bits per heavy atom. The maximum atomic E-state index is 13.4. The molecule has 2 aromatic heterocycles. The van der Waals surface area contributed by atoms with Crippen molar-refractivity contribution in [2.24, 2.45) is 5.41 Å². The summed E-state index contributed by atoms with van der Waals surface area (Å²) in [6.45, 7) is 1.19. The normalized spacial score (nSPS) is 17.9. The summed E-state index contributed by atoms with van der Waals surface area (Å²) in [6, 6.07) is 13.0. The van der Waals surface area contributed by atoms with Crippen molar-refractivity contribution in [1.29, 1.82) is 0 Å². The van der Waals surface area contributed by atoms with Crippen molar-refractivity contribution in [3.8, 4) is 5.69 Å². The Hall–Kier alpha value is -3.62. The maximum Gasteiger partial charge on any atom is 0.390 e. The molecule has 0 spiro atoms. The van der Waals surface area contributed by atoms with Gasteiger partial charge in [-0.3, -0.25) is 14.6 Å². The molecule has 178 valence electrons. The third kappa shape index (κ3) is 4.83. The number of carbonyl (C=O) groups is 2. The second-order valence-electron chi connectivity index (χ2n) is 8.86. The lowest BCUT2D eigenvalue weighted by molar-refractivity contribution is -0.149. The van der Waals surface area contributed by atoms with Crippen LogP contribution in [0.15, 0.2) is 61.1 Å². The van der Waals surface area contributed by atoms with Crippen LogP contribution in [0.1, 0.15) is 35.8 Å². The fourth-order valence-electron chi connectivity index (χ4n) is 4.42. The lowest BCUT2D eigenvalue weighted by Crippen LogP contribution is -2.46. The summed E-state index contributed by atoms with van der Waals surface area (Å²) in [4.78, 5) is 31.7. The Morgan fingerprint density at radius 1 is 1.15 bits per heavy atom. The molecule has 0 fully saturated rings. The molecule has 9 heteroatoms. The molecule has 0 saturated heterocycles. The van der Waals surface area contributed by atoms with E-state index in [0.717, 1.165) is 16.3 Å². The SMILES string of the molecule is CN(CCC(F)(F)F)C(=O)C1(C)CC(=O)c2c(Nc3ccccc3)cn(-c3ccncc3)c2C1. The zero-order valence-electron chi connectivity index (χ0n) is 18.9. The largest absolute Gasteiger partial charge is 0.390 e. The topological polar surface area (TPSA) is 67.2 Å². The minimum Gasteiger partial charge on any atom is -0.354 e. The Kier molecular flexibility index (Phi) is 6.20. The highest BCUT2D eigenvalue weighted by molar-refractivity contribution is 6.07. The van der Waals surface area contributed by atoms with Gasteiger partial charge in [0.2, 0.25) is 5.91 Å². The smallest absolute Gasteiger partial charge is 0.354 e. The van der Waals surface area contributed by atoms with Gasteiger partial charge in [0, 0.05) is 62.1 Å². The summed E-state index contributed by atoms with van der Waals surface area (Å²) >= 11 is 0. The number of ketones is 1. The number of rotatable bonds is 6. The zero-order valence-corrected chi connectivity index (χ0v) is 18.9. The van der Waals surface area contributed by atoms with Gasteiger partial charge in [-0.15, -0.1) is 0 Å². The van der Waals surface area contributed by atoms with E-state index in [0.29, 0.717) is 16.9 Å². The average Bonchev–Trinajstić information content (AvgIpc) is 3.15. The Balaban J connectivity index is 1.71. The van der Waals surface area contributed by atoms with Gasteiger partial charge in [0.05, 0.1) is 23.1 Å². The Morgan fingerprint density at radius 2 is 1.82 bits per heavy atom. The number of hydrogen-bond donors (Lipinski definition) is 1. The van der Waals surface area contributed by atoms with Gasteiger partial charge in [0.15, 0.2) is 5.78 Å². The molecule has 0 saturated carbocycles. The van der Waals surface area contributed by atoms with E-state index >= 15 is 0 Å². The number of pyridine rings is 1. The summed E-state index contributed by atoms with van der Waals surface area (Å²) in [6.07, 6.45) is -0.254. The first-order valence-electron chi connectivity index (χ1n) is 10.9. The molecular weight excluding hydrogens is 445 g/mol. The number of nitrogens with one attached hydrogen (secondary N) is 1. The second kappa shape index (κ2) is 8.96. The number of carbonyl (C=O) groups excluding carboxylic acids is 2. The van der Waals surface area contributed by atoms with Crippen molar-refractivity contribution in [1.82, 2.24) is 14.5 Å². The Labute approximate surface area is 195 Å². The lowest BCUT2D eigenvalue weighted by atomic mass is 9.73. The fraction of sp³-hybridized carbons (Fsp3) is 0.320. The van der Waals surface area contributed by atoms with Crippen molar-refractivity contribution in [3.63, 3.8) is 0 Å². The van der Waals surface area contributed by atoms with Crippen LogP contribution in [-0.2, 0) is 11.2 Å². The first kappa shape index (κ1) is 23.5. The van der Waals surface area contributed by atoms with Gasteiger partial charge in [-0.05, 0) is 31.2 Å². The molecule has 0 aliphatic heterocycles. The summed E-state index contributed by atoms with van der Waals surface area (Å²) < 4.78 is 39.9. The molecule has 1 aliphatic rings. The molecule has 2 heterocycles. The predicted molar refractivity (Wildman–Crippen MR) is 122 cm³/mol. The van der Waals surface area contributed by atoms with Crippen LogP contribution < -0.4 is 5.32 Å². The number of benzene rings is 1. The van der Waals surface area contributed by atoms with Crippen LogP contribution in [0.25, 0.3) is 5.69 Å². The summed E-state index contributed by atoms with van der Waals surface area (Å²) in [5, 5.41) is 3.29. The predicted octanol–water partition coefficient (Wildman–Crippen LogP) is 5.16. The van der Waals surface area contributed by atoms with E-state index in [9.17, 15) is 22.8 Å². The molecule has 34 heavy (non-hydrogen) atoms. The number of amides is 1. The van der Waals surface area contributed by atoms with Gasteiger partial charge < -0.3 is 14.8 Å². The highest BCUT2D eigenvalue weighted by Gasteiger charge is 2.45. The van der Waals surface area contributed by atoms with Crippen molar-refractivity contribution < 1.29 is 22.8 Å². The van der Waals surface area contributed by atoms with E-state index in [1.165, 1.54) is 7.05 Å². The number of anilines is 2. The van der Waals surface area contributed by atoms with Crippen molar-refractivity contribution >= 4 is 23.1 Å². The standard InChI is InChI=1S/C25H25F3N4O2/c1-24(23(34)31(2)13-10-25(26,27)28)14-20-22(21(33)15-24)19(30-17-6-4-3-5-7-17)16-32(20)18-8-11-29-12-9-18/h3-9,11-12,16,30H,10,13-15H2,1-2H3. The van der Waals surface area contributed by atoms with E-state index in [-0.39, 0.29) is 18.6 Å². The van der Waals surface area contributed by atoms with Gasteiger partial charge in [0.25, 0.3) is 0 Å². The molecular formula is C25H25F3N4O2. The number of aromatic nitrogens is 2. The van der Waals surface area contributed by atoms with Gasteiger partial charge >= 0.3 is 6.18 Å². The quantitative estimate of drug-likeness (QED) is 0.540. The van der Waals surface area contributed by atoms with Crippen LogP contribution in [-0.4, -0.2) is 45.9 Å². The van der Waals surface area contributed by atoms with Crippen molar-refractivity contribution in [3.05, 3.63) is 72.3 Å². The number of nitrogens with zero attached hydrogens (tertiary/aromatic N) is 3. The summed E-state index contributed by atoms with van der Waals surface area (Å²) in [7, 11) is 1.35. The highest BCUT2D eigenvalue weighted by atomic mass is 19.4. The van der Waals surface area contributed by atoms with Crippen molar-refractivity contribution in [2.45, 2.75) is 32.4 Å². The Bertz CT molecular complexity index is 1190. The maximum absolute atomic E-state index is 13.4. The highest BCUT2D eigenvalue weighted by Crippen LogP contribution is 2.42. The van der Waals surface area contributed by atoms with Crippen LogP contribution in [0.4, 0.5) is 24.5 Å². The van der Waals surface area contributed by atoms with Crippen LogP contribution in [0.3, 0.4) is 0 Å². The molecule has 1 N–H and O–H groups in total. The fourth-order valence-corrected chi connectivity index (χ4v) is 4.42. The van der Waals surface area contributed by atoms with E-state index in [1.807, 2.05) is 41.1 Å². The van der Waals surface area contributed by atoms with Gasteiger partial charge in [-0.2, -0.15) is 13.2 Å². The van der Waals surface area contributed by atoms with Crippen LogP contribution in [0.2, 0.25) is 0 Å². The summed E-state index contributed by atoms with van der Waals surface area (Å²) in [5.74, 6) is -0.705. The molecule has 4 rings (SSSR count). The molecule has 1 unspecified atom stereocenters. The number of para-hydroxylation sites is 1. The second-order valence-corrected chi connectivity index (χ2v) is 8.86. The van der Waals surface area contributed by atoms with E-state index in [4.69, 9.17) is 0 Å². The van der Waals surface area contributed by atoms with E-state index in [1.54, 1.807) is 31.5 Å². The number of halogens is 3. The molecule has 6 nitrogen and oxygen atoms in total. The number of Topliss-reactive ketones (excluding diaryl/α,β-unsaturated/α-hetero) is 1. The first-order valence-corrected chi connectivity index (χ1v) is 10.9. The summed E-state index contributed by atoms with van der Waals surface area (Å²) in [5.41, 5.74) is 2.16. The van der Waals surface area contributed by atoms with Gasteiger partial charge in [0.1, 0.15) is 0 Å². The first-order chi connectivity index (χ1) is 16.1. The molecule has 1 aliphatic carbocycles. The third-order valence-electron chi connectivity index (χ3n) is 6.08. The van der Waals surface area contributed by atoms with Gasteiger partial charge in [-0.1, -0.05) is 18.2 Å². The van der Waals surface area contributed by atoms with Crippen molar-refractivity contribution in [2.75, 3.05) is 18.9 Å². The molecule has 3 aromatic rings.